The van der Waals surface area contributed by atoms with Crippen LogP contribution in [-0.2, 0) is 22.6 Å². The number of amides is 1. The standard InChI is InChI=1S/C15H16N4O6/c20-14(9-18-8-6-13(17-18)19(23)24)16-7-5-11-1-3-12(4-2-11)25-10-15(21)22/h1-4,6,8H,5,7,9-10H2,(H,16,20)(H,21,22). The average Bonchev–Trinajstić information content (AvgIpc) is 3.03. The highest BCUT2D eigenvalue weighted by molar-refractivity contribution is 5.75. The van der Waals surface area contributed by atoms with E-state index < -0.39 is 17.5 Å². The Balaban J connectivity index is 1.73. The third kappa shape index (κ3) is 5.94. The highest BCUT2D eigenvalue weighted by Gasteiger charge is 2.13. The van der Waals surface area contributed by atoms with Crippen molar-refractivity contribution in [3.63, 3.8) is 0 Å². The van der Waals surface area contributed by atoms with E-state index >= 15 is 0 Å². The molecule has 0 aliphatic rings. The molecular formula is C15H16N4O6. The number of carboxylic acids is 1. The van der Waals surface area contributed by atoms with Gasteiger partial charge in [0.25, 0.3) is 0 Å². The fourth-order valence-electron chi connectivity index (χ4n) is 1.98. The molecule has 0 saturated carbocycles. The molecule has 0 fully saturated rings. The van der Waals surface area contributed by atoms with Gasteiger partial charge in [0.05, 0.1) is 17.4 Å². The molecule has 1 aromatic heterocycles. The number of ether oxygens (including phenoxy) is 1. The average molecular weight is 348 g/mol. The first-order chi connectivity index (χ1) is 11.9. The quantitative estimate of drug-likeness (QED) is 0.500. The van der Waals surface area contributed by atoms with Crippen molar-refractivity contribution < 1.29 is 24.4 Å². The molecule has 2 rings (SSSR count). The number of carbonyl (C=O) groups excluding carboxylic acids is 1. The predicted molar refractivity (Wildman–Crippen MR) is 85.2 cm³/mol. The lowest BCUT2D eigenvalue weighted by atomic mass is 10.1. The van der Waals surface area contributed by atoms with Gasteiger partial charge >= 0.3 is 11.8 Å². The molecule has 25 heavy (non-hydrogen) atoms. The van der Waals surface area contributed by atoms with Gasteiger partial charge in [0.1, 0.15) is 12.3 Å². The number of rotatable bonds is 9. The van der Waals surface area contributed by atoms with Crippen molar-refractivity contribution in [2.24, 2.45) is 0 Å². The number of hydrogen-bond donors (Lipinski definition) is 2. The van der Waals surface area contributed by atoms with Crippen LogP contribution in [0.4, 0.5) is 5.82 Å². The normalized spacial score (nSPS) is 10.2. The second-order valence-electron chi connectivity index (χ2n) is 5.05. The van der Waals surface area contributed by atoms with Crippen molar-refractivity contribution >= 4 is 17.7 Å². The van der Waals surface area contributed by atoms with Crippen LogP contribution in [0, 0.1) is 10.1 Å². The molecule has 1 aromatic carbocycles. The van der Waals surface area contributed by atoms with E-state index in [1.54, 1.807) is 24.3 Å². The maximum absolute atomic E-state index is 11.8. The SMILES string of the molecule is O=C(O)COc1ccc(CCNC(=O)Cn2ccc([N+](=O)[O-])n2)cc1. The first-order valence-electron chi connectivity index (χ1n) is 7.32. The molecular weight excluding hydrogens is 332 g/mol. The van der Waals surface area contributed by atoms with Gasteiger partial charge in [-0.1, -0.05) is 12.1 Å². The largest absolute Gasteiger partial charge is 0.482 e. The zero-order valence-electron chi connectivity index (χ0n) is 13.1. The minimum absolute atomic E-state index is 0.101. The second-order valence-corrected chi connectivity index (χ2v) is 5.05. The van der Waals surface area contributed by atoms with Gasteiger partial charge in [-0.15, -0.1) is 0 Å². The smallest absolute Gasteiger partial charge is 0.389 e. The summed E-state index contributed by atoms with van der Waals surface area (Å²) in [7, 11) is 0. The fourth-order valence-corrected chi connectivity index (χ4v) is 1.98. The Bertz CT molecular complexity index is 756. The van der Waals surface area contributed by atoms with E-state index in [1.807, 2.05) is 0 Å². The molecule has 0 saturated heterocycles. The van der Waals surface area contributed by atoms with E-state index in [0.29, 0.717) is 18.7 Å². The highest BCUT2D eigenvalue weighted by atomic mass is 16.6. The topological polar surface area (TPSA) is 137 Å². The minimum atomic E-state index is -1.05. The lowest BCUT2D eigenvalue weighted by molar-refractivity contribution is -0.389. The number of benzene rings is 1. The highest BCUT2D eigenvalue weighted by Crippen LogP contribution is 2.12. The van der Waals surface area contributed by atoms with Crippen LogP contribution in [0.1, 0.15) is 5.56 Å². The van der Waals surface area contributed by atoms with Crippen molar-refractivity contribution in [1.82, 2.24) is 15.1 Å². The summed E-state index contributed by atoms with van der Waals surface area (Å²) in [6.45, 7) is -0.117. The van der Waals surface area contributed by atoms with Gasteiger partial charge in [-0.05, 0) is 29.0 Å². The van der Waals surface area contributed by atoms with Crippen LogP contribution in [0.3, 0.4) is 0 Å². The molecule has 1 heterocycles. The van der Waals surface area contributed by atoms with Gasteiger partial charge in [0, 0.05) is 6.54 Å². The Morgan fingerprint density at radius 1 is 1.28 bits per heavy atom. The summed E-state index contributed by atoms with van der Waals surface area (Å²) >= 11 is 0. The van der Waals surface area contributed by atoms with Gasteiger partial charge < -0.3 is 25.3 Å². The molecule has 0 unspecified atom stereocenters. The maximum atomic E-state index is 11.8. The van der Waals surface area contributed by atoms with E-state index in [-0.39, 0.29) is 18.3 Å². The van der Waals surface area contributed by atoms with Crippen LogP contribution in [-0.4, -0.2) is 44.8 Å². The molecule has 2 N–H and O–H groups in total. The van der Waals surface area contributed by atoms with Crippen molar-refractivity contribution in [3.8, 4) is 5.75 Å². The summed E-state index contributed by atoms with van der Waals surface area (Å²) in [4.78, 5) is 32.1. The summed E-state index contributed by atoms with van der Waals surface area (Å²) in [5, 5.41) is 25.4. The minimum Gasteiger partial charge on any atom is -0.482 e. The van der Waals surface area contributed by atoms with E-state index in [4.69, 9.17) is 9.84 Å². The first kappa shape index (κ1) is 17.9. The summed E-state index contributed by atoms with van der Waals surface area (Å²) in [6.07, 6.45) is 1.94. The molecule has 0 atom stereocenters. The van der Waals surface area contributed by atoms with Gasteiger partial charge in [-0.25, -0.2) is 4.79 Å². The Morgan fingerprint density at radius 2 is 2.00 bits per heavy atom. The summed E-state index contributed by atoms with van der Waals surface area (Å²) in [6, 6.07) is 8.09. The third-order valence-electron chi connectivity index (χ3n) is 3.14. The van der Waals surface area contributed by atoms with Crippen LogP contribution in [0.15, 0.2) is 36.5 Å². The lowest BCUT2D eigenvalue weighted by Gasteiger charge is -2.06. The molecule has 10 nitrogen and oxygen atoms in total. The lowest BCUT2D eigenvalue weighted by Crippen LogP contribution is -2.29. The number of carbonyl (C=O) groups is 2. The monoisotopic (exact) mass is 348 g/mol. The molecule has 1 amide bonds. The van der Waals surface area contributed by atoms with Crippen LogP contribution in [0.5, 0.6) is 5.75 Å². The van der Waals surface area contributed by atoms with E-state index in [0.717, 1.165) is 5.56 Å². The van der Waals surface area contributed by atoms with Gasteiger partial charge in [0.2, 0.25) is 5.91 Å². The number of nitro groups is 1. The van der Waals surface area contributed by atoms with Gasteiger partial charge in [-0.3, -0.25) is 4.79 Å². The molecule has 0 aliphatic heterocycles. The zero-order chi connectivity index (χ0) is 18.2. The number of nitrogens with one attached hydrogen (secondary N) is 1. The van der Waals surface area contributed by atoms with Crippen LogP contribution in [0.2, 0.25) is 0 Å². The Labute approximate surface area is 142 Å². The Hall–Kier alpha value is -3.43. The van der Waals surface area contributed by atoms with Crippen LogP contribution < -0.4 is 10.1 Å². The molecule has 0 radical (unpaired) electrons. The van der Waals surface area contributed by atoms with Gasteiger partial charge in [0.15, 0.2) is 6.61 Å². The third-order valence-corrected chi connectivity index (χ3v) is 3.14. The van der Waals surface area contributed by atoms with Gasteiger partial charge in [-0.2, -0.15) is 4.68 Å². The van der Waals surface area contributed by atoms with E-state index in [2.05, 4.69) is 10.4 Å². The predicted octanol–water partition coefficient (Wildman–Crippen LogP) is 0.614. The van der Waals surface area contributed by atoms with E-state index in [9.17, 15) is 19.7 Å². The fraction of sp³-hybridized carbons (Fsp3) is 0.267. The van der Waals surface area contributed by atoms with Crippen molar-refractivity contribution in [2.75, 3.05) is 13.2 Å². The molecule has 0 spiro atoms. The number of aromatic nitrogens is 2. The molecule has 10 heteroatoms. The number of carboxylic acid groups (broad SMARTS) is 1. The number of aliphatic carboxylic acids is 1. The van der Waals surface area contributed by atoms with Crippen LogP contribution in [0.25, 0.3) is 0 Å². The Morgan fingerprint density at radius 3 is 2.60 bits per heavy atom. The van der Waals surface area contributed by atoms with Crippen molar-refractivity contribution in [3.05, 3.63) is 52.2 Å². The Kier molecular flexibility index (Phi) is 6.04. The molecule has 0 aliphatic carbocycles. The summed E-state index contributed by atoms with van der Waals surface area (Å²) in [5.41, 5.74) is 0.942. The zero-order valence-corrected chi connectivity index (χ0v) is 13.1. The molecule has 0 bridgehead atoms. The maximum Gasteiger partial charge on any atom is 0.389 e. The first-order valence-corrected chi connectivity index (χ1v) is 7.32. The van der Waals surface area contributed by atoms with Crippen LogP contribution >= 0.6 is 0 Å². The molecule has 2 aromatic rings. The second kappa shape index (κ2) is 8.43. The summed E-state index contributed by atoms with van der Waals surface area (Å²) in [5.74, 6) is -1.21. The number of hydrogen-bond acceptors (Lipinski definition) is 6. The molecule has 132 valence electrons. The summed E-state index contributed by atoms with van der Waals surface area (Å²) < 4.78 is 6.22. The van der Waals surface area contributed by atoms with Crippen molar-refractivity contribution in [1.29, 1.82) is 0 Å². The van der Waals surface area contributed by atoms with E-state index in [1.165, 1.54) is 16.9 Å². The number of nitrogens with zero attached hydrogens (tertiary/aromatic N) is 3. The van der Waals surface area contributed by atoms with Crippen molar-refractivity contribution in [2.45, 2.75) is 13.0 Å².